The van der Waals surface area contributed by atoms with E-state index in [1.165, 1.54) is 57.6 Å². The zero-order valence-electron chi connectivity index (χ0n) is 34.9. The van der Waals surface area contributed by atoms with E-state index in [4.69, 9.17) is 4.74 Å². The largest absolute Gasteiger partial charge is 0.444 e. The second-order valence-corrected chi connectivity index (χ2v) is 22.8. The predicted octanol–water partition coefficient (Wildman–Crippen LogP) is 6.98. The van der Waals surface area contributed by atoms with Gasteiger partial charge in [0.05, 0.1) is 68.1 Å². The molecule has 6 heterocycles. The third-order valence-corrected chi connectivity index (χ3v) is 15.7. The lowest BCUT2D eigenvalue weighted by Crippen LogP contribution is -2.37. The van der Waals surface area contributed by atoms with Crippen LogP contribution in [-0.2, 0) is 50.6 Å². The van der Waals surface area contributed by atoms with Crippen LogP contribution >= 0.6 is 22.7 Å². The van der Waals surface area contributed by atoms with Crippen molar-refractivity contribution in [1.82, 2.24) is 30.8 Å². The number of pyridine rings is 2. The third-order valence-electron chi connectivity index (χ3n) is 9.73. The van der Waals surface area contributed by atoms with Crippen LogP contribution in [0.2, 0.25) is 0 Å². The van der Waals surface area contributed by atoms with E-state index >= 15 is 0 Å². The molecule has 14 nitrogen and oxygen atoms in total. The molecule has 0 aliphatic carbocycles. The highest BCUT2D eigenvalue weighted by Crippen LogP contribution is 2.44. The lowest BCUT2D eigenvalue weighted by atomic mass is 10.0. The van der Waals surface area contributed by atoms with Crippen molar-refractivity contribution in [3.8, 4) is 0 Å². The van der Waals surface area contributed by atoms with Gasteiger partial charge in [0, 0.05) is 34.7 Å². The van der Waals surface area contributed by atoms with Crippen LogP contribution in [0.25, 0.3) is 0 Å². The molecule has 0 aromatic carbocycles. The molecule has 320 valence electrons. The lowest BCUT2D eigenvalue weighted by molar-refractivity contribution is 0.0129. The van der Waals surface area contributed by atoms with Crippen LogP contribution in [0.3, 0.4) is 0 Å². The molecule has 6 rings (SSSR count). The first-order valence-electron chi connectivity index (χ1n) is 19.5. The molecule has 4 aromatic heterocycles. The minimum Gasteiger partial charge on any atom is -0.444 e. The molecule has 2 aliphatic heterocycles. The number of ether oxygens (including phenoxy) is 1. The van der Waals surface area contributed by atoms with E-state index in [0.717, 1.165) is 17.0 Å². The Hall–Kier alpha value is -4.23. The van der Waals surface area contributed by atoms with Gasteiger partial charge in [-0.1, -0.05) is 41.5 Å². The first-order valence-corrected chi connectivity index (χ1v) is 24.5. The molecule has 2 aliphatic rings. The van der Waals surface area contributed by atoms with Crippen LogP contribution in [0.5, 0.6) is 0 Å². The van der Waals surface area contributed by atoms with Crippen molar-refractivity contribution in [1.29, 1.82) is 0 Å². The minimum absolute atomic E-state index is 0.0105. The maximum Gasteiger partial charge on any atom is 0.411 e. The average Bonchev–Trinajstić information content (AvgIpc) is 3.96. The lowest BCUT2D eigenvalue weighted by Gasteiger charge is -2.30. The predicted molar refractivity (Wildman–Crippen MR) is 229 cm³/mol. The molecule has 0 saturated carbocycles. The number of aromatic nitrogens is 2. The van der Waals surface area contributed by atoms with Crippen LogP contribution in [-0.4, -0.2) is 66.7 Å². The topological polar surface area (TPSA) is 194 Å². The highest BCUT2D eigenvalue weighted by Gasteiger charge is 2.40. The maximum atomic E-state index is 12.7. The van der Waals surface area contributed by atoms with Crippen molar-refractivity contribution in [2.75, 3.05) is 11.5 Å². The summed E-state index contributed by atoms with van der Waals surface area (Å²) in [6, 6.07) is 10.2. The molecule has 18 heteroatoms. The molecular formula is C41H54N6O8S4. The van der Waals surface area contributed by atoms with Crippen LogP contribution < -0.4 is 16.0 Å². The minimum atomic E-state index is -3.31. The number of nitrogens with zero attached hydrogens (tertiary/aromatic N) is 3. The fourth-order valence-corrected chi connectivity index (χ4v) is 10.9. The summed E-state index contributed by atoms with van der Waals surface area (Å²) in [5.74, 6) is 0.339. The molecule has 0 saturated heterocycles. The number of hydrogen-bond acceptors (Lipinski definition) is 13. The summed E-state index contributed by atoms with van der Waals surface area (Å²) in [4.78, 5) is 51.8. The Balaban J connectivity index is 0.000000230. The van der Waals surface area contributed by atoms with Crippen molar-refractivity contribution in [3.63, 3.8) is 0 Å². The number of carbonyl (C=O) groups excluding carboxylic acids is 3. The molecule has 0 fully saturated rings. The summed E-state index contributed by atoms with van der Waals surface area (Å²) >= 11 is 2.92. The Labute approximate surface area is 355 Å². The zero-order chi connectivity index (χ0) is 43.4. The number of sulfone groups is 2. The molecule has 59 heavy (non-hydrogen) atoms. The summed E-state index contributed by atoms with van der Waals surface area (Å²) in [6.07, 6.45) is 2.31. The number of fused-ring (bicyclic) bond motifs is 2. The van der Waals surface area contributed by atoms with E-state index in [9.17, 15) is 31.2 Å². The smallest absolute Gasteiger partial charge is 0.411 e. The van der Waals surface area contributed by atoms with Crippen molar-refractivity contribution in [3.05, 3.63) is 90.8 Å². The molecule has 2 unspecified atom stereocenters. The van der Waals surface area contributed by atoms with E-state index in [-0.39, 0.29) is 64.3 Å². The maximum absolute atomic E-state index is 12.7. The van der Waals surface area contributed by atoms with Gasteiger partial charge in [0.2, 0.25) is 0 Å². The summed E-state index contributed by atoms with van der Waals surface area (Å²) < 4.78 is 53.0. The van der Waals surface area contributed by atoms with Gasteiger partial charge >= 0.3 is 6.09 Å². The van der Waals surface area contributed by atoms with E-state index in [1.54, 1.807) is 30.9 Å². The van der Waals surface area contributed by atoms with Crippen LogP contribution in [0.15, 0.2) is 58.6 Å². The molecule has 0 radical (unpaired) electrons. The van der Waals surface area contributed by atoms with Crippen molar-refractivity contribution in [2.24, 2.45) is 11.8 Å². The van der Waals surface area contributed by atoms with E-state index in [1.807, 2.05) is 46.8 Å². The average molecular weight is 887 g/mol. The Morgan fingerprint density at radius 2 is 1.29 bits per heavy atom. The van der Waals surface area contributed by atoms with Crippen molar-refractivity contribution in [2.45, 2.75) is 116 Å². The Bertz CT molecular complexity index is 2370. The van der Waals surface area contributed by atoms with Crippen molar-refractivity contribution < 1.29 is 36.0 Å². The van der Waals surface area contributed by atoms with Crippen LogP contribution in [0, 0.1) is 11.8 Å². The van der Waals surface area contributed by atoms with Gasteiger partial charge in [-0.05, 0) is 80.1 Å². The van der Waals surface area contributed by atoms with Crippen molar-refractivity contribution >= 4 is 60.3 Å². The molecule has 3 amide bonds. The highest BCUT2D eigenvalue weighted by atomic mass is 32.2. The van der Waals surface area contributed by atoms with E-state index in [2.05, 4.69) is 39.8 Å². The molecule has 4 aromatic rings. The number of carbonyl (C=O) groups is 3. The Morgan fingerprint density at radius 1 is 0.797 bits per heavy atom. The summed E-state index contributed by atoms with van der Waals surface area (Å²) in [5.41, 5.74) is 2.78. The quantitative estimate of drug-likeness (QED) is 0.133. The monoisotopic (exact) mass is 886 g/mol. The van der Waals surface area contributed by atoms with Gasteiger partial charge < -0.3 is 20.7 Å². The molecule has 0 spiro atoms. The SMILES string of the molecule is CCS(=O)(=O)c1ccc(CNC(=O)c2cc3c(s2)C(C(C)C)N(C(=O)OC(C)(C)C)C3)nc1.CCS(=O)(=O)c1ccc(CNC(=O)c2cc3c(s2)C(C(C)C)NC3)nc1. The number of nitrogens with one attached hydrogen (secondary N) is 3. The van der Waals surface area contributed by atoms with Gasteiger partial charge in [-0.15, -0.1) is 22.7 Å². The van der Waals surface area contributed by atoms with Crippen LogP contribution in [0.4, 0.5) is 4.79 Å². The van der Waals surface area contributed by atoms with Gasteiger partial charge in [0.15, 0.2) is 19.7 Å². The van der Waals surface area contributed by atoms with E-state index < -0.39 is 25.3 Å². The molecule has 0 bridgehead atoms. The normalized spacial score (nSPS) is 16.4. The fraction of sp³-hybridized carbons (Fsp3) is 0.488. The number of thiophene rings is 2. The van der Waals surface area contributed by atoms with Gasteiger partial charge in [-0.2, -0.15) is 0 Å². The molecular weight excluding hydrogens is 833 g/mol. The fourth-order valence-electron chi connectivity index (χ4n) is 6.57. The summed E-state index contributed by atoms with van der Waals surface area (Å²) in [5, 5.41) is 9.17. The summed E-state index contributed by atoms with van der Waals surface area (Å²) in [7, 11) is -6.56. The van der Waals surface area contributed by atoms with Crippen LogP contribution in [0.1, 0.15) is 126 Å². The molecule has 2 atom stereocenters. The first kappa shape index (κ1) is 45.8. The first-order chi connectivity index (χ1) is 27.6. The Kier molecular flexibility index (Phi) is 14.4. The second kappa shape index (κ2) is 18.6. The Morgan fingerprint density at radius 3 is 1.71 bits per heavy atom. The number of amides is 3. The standard InChI is InChI=1S/C23H31N3O5S2.C18H23N3O3S2/c1-7-33(29,30)17-9-8-16(24-12-17)11-25-21(27)18-10-15-13-26(22(28)31-23(4,5)6)19(14(2)3)20(15)32-18;1-4-26(23,24)14-6-5-13(19-10-14)9-21-18(22)15-7-12-8-20-16(11(2)3)17(12)25-15/h8-10,12,14,19H,7,11,13H2,1-6H3,(H,25,27);5-7,10-11,16,20H,4,8-9H2,1-3H3,(H,21,22). The number of hydrogen-bond donors (Lipinski definition) is 3. The highest BCUT2D eigenvalue weighted by molar-refractivity contribution is 7.91. The third kappa shape index (κ3) is 11.1. The zero-order valence-corrected chi connectivity index (χ0v) is 38.2. The molecule has 3 N–H and O–H groups in total. The van der Waals surface area contributed by atoms with E-state index in [0.29, 0.717) is 39.6 Å². The van der Waals surface area contributed by atoms with Gasteiger partial charge in [0.1, 0.15) is 5.60 Å². The number of rotatable bonds is 12. The van der Waals surface area contributed by atoms with Gasteiger partial charge in [0.25, 0.3) is 11.8 Å². The second-order valence-electron chi connectivity index (χ2n) is 16.0. The van der Waals surface area contributed by atoms with Gasteiger partial charge in [-0.3, -0.25) is 24.5 Å². The summed E-state index contributed by atoms with van der Waals surface area (Å²) in [6.45, 7) is 18.8. The van der Waals surface area contributed by atoms with Gasteiger partial charge in [-0.25, -0.2) is 21.6 Å².